The lowest BCUT2D eigenvalue weighted by molar-refractivity contribution is -0.116. The molecule has 4 aromatic rings. The first-order chi connectivity index (χ1) is 17.5. The molecule has 0 unspecified atom stereocenters. The van der Waals surface area contributed by atoms with Crippen molar-refractivity contribution in [1.29, 1.82) is 0 Å². The van der Waals surface area contributed by atoms with Gasteiger partial charge in [-0.2, -0.15) is 0 Å². The number of benzene rings is 3. The van der Waals surface area contributed by atoms with Gasteiger partial charge in [0.25, 0.3) is 5.91 Å². The Morgan fingerprint density at radius 3 is 2.64 bits per heavy atom. The zero-order valence-electron chi connectivity index (χ0n) is 19.6. The standard InChI is InChI=1S/C27H24BrN5O2S/c1-18-5-4-7-20(15-18)26(35)29-16-24-30-31-27(33(24)22-11-9-21(28)10-12-22)36-17-25(34)32-14-13-19-6-2-3-8-23(19)32/h2-12,15H,13-14,16-17H2,1H3,(H,29,35). The lowest BCUT2D eigenvalue weighted by Gasteiger charge is -2.17. The van der Waals surface area contributed by atoms with Gasteiger partial charge in [-0.3, -0.25) is 14.2 Å². The van der Waals surface area contributed by atoms with Crippen LogP contribution < -0.4 is 10.2 Å². The number of anilines is 1. The number of rotatable bonds is 7. The molecule has 1 aliphatic heterocycles. The third-order valence-corrected chi connectivity index (χ3v) is 7.43. The maximum absolute atomic E-state index is 13.1. The van der Waals surface area contributed by atoms with E-state index in [2.05, 4.69) is 37.5 Å². The Hall–Kier alpha value is -3.43. The second-order valence-corrected chi connectivity index (χ2v) is 10.3. The topological polar surface area (TPSA) is 80.1 Å². The van der Waals surface area contributed by atoms with Crippen molar-refractivity contribution in [2.45, 2.75) is 25.0 Å². The summed E-state index contributed by atoms with van der Waals surface area (Å²) in [6.45, 7) is 2.84. The number of amides is 2. The third kappa shape index (κ3) is 5.22. The lowest BCUT2D eigenvalue weighted by atomic mass is 10.1. The molecule has 0 saturated carbocycles. The summed E-state index contributed by atoms with van der Waals surface area (Å²) in [5.41, 5.74) is 4.64. The number of carbonyl (C=O) groups is 2. The fourth-order valence-electron chi connectivity index (χ4n) is 4.21. The van der Waals surface area contributed by atoms with Crippen LogP contribution in [0.4, 0.5) is 5.69 Å². The number of hydrogen-bond donors (Lipinski definition) is 1. The maximum atomic E-state index is 13.1. The molecule has 5 rings (SSSR count). The molecule has 182 valence electrons. The Morgan fingerprint density at radius 1 is 1.03 bits per heavy atom. The Balaban J connectivity index is 1.34. The van der Waals surface area contributed by atoms with Crippen LogP contribution in [0.15, 0.2) is 82.4 Å². The lowest BCUT2D eigenvalue weighted by Crippen LogP contribution is -2.30. The van der Waals surface area contributed by atoms with Crippen molar-refractivity contribution >= 4 is 45.2 Å². The average Bonchev–Trinajstić information content (AvgIpc) is 3.50. The summed E-state index contributed by atoms with van der Waals surface area (Å²) < 4.78 is 2.84. The molecule has 0 fully saturated rings. The summed E-state index contributed by atoms with van der Waals surface area (Å²) in [4.78, 5) is 27.6. The Bertz CT molecular complexity index is 1420. The van der Waals surface area contributed by atoms with Crippen molar-refractivity contribution < 1.29 is 9.59 Å². The molecule has 0 saturated heterocycles. The Labute approximate surface area is 222 Å². The van der Waals surface area contributed by atoms with Crippen molar-refractivity contribution in [3.05, 3.63) is 99.8 Å². The van der Waals surface area contributed by atoms with Gasteiger partial charge in [0, 0.05) is 28.0 Å². The van der Waals surface area contributed by atoms with E-state index in [0.717, 1.165) is 27.8 Å². The molecule has 0 radical (unpaired) electrons. The van der Waals surface area contributed by atoms with Gasteiger partial charge in [-0.1, -0.05) is 63.6 Å². The van der Waals surface area contributed by atoms with Gasteiger partial charge in [-0.15, -0.1) is 10.2 Å². The number of halogens is 1. The monoisotopic (exact) mass is 561 g/mol. The van der Waals surface area contributed by atoms with Gasteiger partial charge < -0.3 is 10.2 Å². The summed E-state index contributed by atoms with van der Waals surface area (Å²) in [5.74, 6) is 0.670. The molecule has 36 heavy (non-hydrogen) atoms. The summed E-state index contributed by atoms with van der Waals surface area (Å²) in [6.07, 6.45) is 0.868. The summed E-state index contributed by atoms with van der Waals surface area (Å²) >= 11 is 4.82. The van der Waals surface area contributed by atoms with Gasteiger partial charge in [0.15, 0.2) is 11.0 Å². The number of fused-ring (bicyclic) bond motifs is 1. The minimum atomic E-state index is -0.180. The van der Waals surface area contributed by atoms with E-state index in [4.69, 9.17) is 0 Å². The van der Waals surface area contributed by atoms with Crippen molar-refractivity contribution in [1.82, 2.24) is 20.1 Å². The van der Waals surface area contributed by atoms with E-state index in [1.165, 1.54) is 17.3 Å². The second kappa shape index (κ2) is 10.7. The number of para-hydroxylation sites is 1. The van der Waals surface area contributed by atoms with Crippen LogP contribution in [-0.4, -0.2) is 38.9 Å². The second-order valence-electron chi connectivity index (χ2n) is 8.48. The molecule has 1 aromatic heterocycles. The largest absolute Gasteiger partial charge is 0.345 e. The number of nitrogens with zero attached hydrogens (tertiary/aromatic N) is 4. The summed E-state index contributed by atoms with van der Waals surface area (Å²) in [5, 5.41) is 12.3. The van der Waals surface area contributed by atoms with Gasteiger partial charge in [-0.05, 0) is 61.4 Å². The third-order valence-electron chi connectivity index (χ3n) is 5.99. The number of hydrogen-bond acceptors (Lipinski definition) is 5. The number of aromatic nitrogens is 3. The quantitative estimate of drug-likeness (QED) is 0.323. The fraction of sp³-hybridized carbons (Fsp3) is 0.185. The zero-order valence-corrected chi connectivity index (χ0v) is 22.1. The molecule has 1 aliphatic rings. The van der Waals surface area contributed by atoms with Crippen LogP contribution in [0.1, 0.15) is 27.3 Å². The highest BCUT2D eigenvalue weighted by molar-refractivity contribution is 9.10. The van der Waals surface area contributed by atoms with Crippen molar-refractivity contribution in [3.63, 3.8) is 0 Å². The molecule has 0 spiro atoms. The van der Waals surface area contributed by atoms with Crippen molar-refractivity contribution in [2.24, 2.45) is 0 Å². The van der Waals surface area contributed by atoms with Crippen LogP contribution in [0.5, 0.6) is 0 Å². The predicted octanol–water partition coefficient (Wildman–Crippen LogP) is 4.95. The van der Waals surface area contributed by atoms with Crippen LogP contribution in [0.3, 0.4) is 0 Å². The number of aryl methyl sites for hydroxylation is 1. The van der Waals surface area contributed by atoms with Crippen molar-refractivity contribution in [2.75, 3.05) is 17.2 Å². The average molecular weight is 562 g/mol. The first-order valence-electron chi connectivity index (χ1n) is 11.6. The molecule has 2 heterocycles. The van der Waals surface area contributed by atoms with Crippen LogP contribution in [0.2, 0.25) is 0 Å². The van der Waals surface area contributed by atoms with Crippen molar-refractivity contribution in [3.8, 4) is 5.69 Å². The molecule has 0 atom stereocenters. The summed E-state index contributed by atoms with van der Waals surface area (Å²) in [7, 11) is 0. The highest BCUT2D eigenvalue weighted by Gasteiger charge is 2.25. The van der Waals surface area contributed by atoms with E-state index < -0.39 is 0 Å². The molecule has 7 nitrogen and oxygen atoms in total. The molecule has 1 N–H and O–H groups in total. The molecular formula is C27H24BrN5O2S. The molecule has 9 heteroatoms. The van der Waals surface area contributed by atoms with Crippen LogP contribution in [0.25, 0.3) is 5.69 Å². The van der Waals surface area contributed by atoms with E-state index >= 15 is 0 Å². The fourth-order valence-corrected chi connectivity index (χ4v) is 5.32. The smallest absolute Gasteiger partial charge is 0.251 e. The van der Waals surface area contributed by atoms with E-state index in [0.29, 0.717) is 23.1 Å². The van der Waals surface area contributed by atoms with E-state index in [1.54, 1.807) is 6.07 Å². The predicted molar refractivity (Wildman–Crippen MR) is 145 cm³/mol. The highest BCUT2D eigenvalue weighted by Crippen LogP contribution is 2.29. The minimum Gasteiger partial charge on any atom is -0.345 e. The van der Waals surface area contributed by atoms with E-state index in [9.17, 15) is 9.59 Å². The first-order valence-corrected chi connectivity index (χ1v) is 13.3. The minimum absolute atomic E-state index is 0.0320. The number of nitrogens with one attached hydrogen (secondary N) is 1. The Kier molecular flexibility index (Phi) is 7.20. The normalized spacial score (nSPS) is 12.4. The van der Waals surface area contributed by atoms with E-state index in [1.807, 2.05) is 77.1 Å². The van der Waals surface area contributed by atoms with Gasteiger partial charge in [-0.25, -0.2) is 0 Å². The van der Waals surface area contributed by atoms with Gasteiger partial charge in [0.05, 0.1) is 12.3 Å². The Morgan fingerprint density at radius 2 is 1.83 bits per heavy atom. The summed E-state index contributed by atoms with van der Waals surface area (Å²) in [6, 6.07) is 23.2. The van der Waals surface area contributed by atoms with Crippen LogP contribution in [-0.2, 0) is 17.8 Å². The molecular weight excluding hydrogens is 538 g/mol. The SMILES string of the molecule is Cc1cccc(C(=O)NCc2nnc(SCC(=O)N3CCc4ccccc43)n2-c2ccc(Br)cc2)c1. The van der Waals surface area contributed by atoms with Crippen LogP contribution >= 0.6 is 27.7 Å². The molecule has 3 aromatic carbocycles. The number of thioether (sulfide) groups is 1. The maximum Gasteiger partial charge on any atom is 0.251 e. The molecule has 2 amide bonds. The zero-order chi connectivity index (χ0) is 25.1. The number of carbonyl (C=O) groups excluding carboxylic acids is 2. The first kappa shape index (κ1) is 24.3. The van der Waals surface area contributed by atoms with Gasteiger partial charge in [0.2, 0.25) is 5.91 Å². The highest BCUT2D eigenvalue weighted by atomic mass is 79.9. The van der Waals surface area contributed by atoms with Crippen LogP contribution in [0, 0.1) is 6.92 Å². The van der Waals surface area contributed by atoms with Gasteiger partial charge in [0.1, 0.15) is 0 Å². The van der Waals surface area contributed by atoms with Gasteiger partial charge >= 0.3 is 0 Å². The molecule has 0 bridgehead atoms. The van der Waals surface area contributed by atoms with E-state index in [-0.39, 0.29) is 24.1 Å². The molecule has 0 aliphatic carbocycles.